The molecule has 1 N–H and O–H groups in total. The van der Waals surface area contributed by atoms with E-state index in [1.54, 1.807) is 0 Å². The van der Waals surface area contributed by atoms with E-state index in [1.165, 1.54) is 19.2 Å². The number of amides is 1. The monoisotopic (exact) mass is 237 g/mol. The normalized spacial score (nSPS) is 10.6. The summed E-state index contributed by atoms with van der Waals surface area (Å²) < 4.78 is 1.16. The van der Waals surface area contributed by atoms with Crippen molar-refractivity contribution in [3.63, 3.8) is 0 Å². The van der Waals surface area contributed by atoms with Crippen LogP contribution in [0.5, 0.6) is 0 Å². The summed E-state index contributed by atoms with van der Waals surface area (Å²) in [6.07, 6.45) is 2.08. The van der Waals surface area contributed by atoms with Gasteiger partial charge in [-0.1, -0.05) is 26.7 Å². The molecule has 0 saturated heterocycles. The minimum Gasteiger partial charge on any atom is -0.350 e. The number of aryl methyl sites for hydroxylation is 1. The molecular weight excluding hydrogens is 218 g/mol. The van der Waals surface area contributed by atoms with E-state index in [-0.39, 0.29) is 17.2 Å². The standard InChI is InChI=1S/C12H19N3O2/c1-4-9(5-2)8-13-12(17)10-6-7-11(16)15(3)14-10/h6-7,9H,4-5,8H2,1-3H3,(H,13,17). The molecule has 0 unspecified atom stereocenters. The van der Waals surface area contributed by atoms with Crippen LogP contribution in [0.2, 0.25) is 0 Å². The molecule has 0 aliphatic heterocycles. The number of hydrogen-bond donors (Lipinski definition) is 1. The maximum Gasteiger partial charge on any atom is 0.271 e. The molecule has 1 heterocycles. The predicted molar refractivity (Wildman–Crippen MR) is 65.9 cm³/mol. The molecule has 0 aromatic carbocycles. The van der Waals surface area contributed by atoms with Crippen LogP contribution in [0.3, 0.4) is 0 Å². The Morgan fingerprint density at radius 3 is 2.59 bits per heavy atom. The van der Waals surface area contributed by atoms with E-state index >= 15 is 0 Å². The summed E-state index contributed by atoms with van der Waals surface area (Å²) in [5, 5.41) is 6.73. The maximum absolute atomic E-state index is 11.8. The predicted octanol–water partition coefficient (Wildman–Crippen LogP) is 0.946. The van der Waals surface area contributed by atoms with Gasteiger partial charge in [-0.25, -0.2) is 4.68 Å². The molecule has 94 valence electrons. The van der Waals surface area contributed by atoms with E-state index in [0.717, 1.165) is 17.5 Å². The van der Waals surface area contributed by atoms with E-state index in [1.807, 2.05) is 0 Å². The molecule has 5 nitrogen and oxygen atoms in total. The number of carbonyl (C=O) groups is 1. The van der Waals surface area contributed by atoms with Gasteiger partial charge >= 0.3 is 0 Å². The summed E-state index contributed by atoms with van der Waals surface area (Å²) in [5.41, 5.74) is 0.0552. The lowest BCUT2D eigenvalue weighted by Crippen LogP contribution is -2.31. The van der Waals surface area contributed by atoms with Crippen molar-refractivity contribution in [1.82, 2.24) is 15.1 Å². The first-order valence-electron chi connectivity index (χ1n) is 5.91. The third-order valence-electron chi connectivity index (χ3n) is 2.90. The number of carbonyl (C=O) groups excluding carboxylic acids is 1. The Morgan fingerprint density at radius 1 is 1.41 bits per heavy atom. The highest BCUT2D eigenvalue weighted by molar-refractivity contribution is 5.91. The van der Waals surface area contributed by atoms with Crippen LogP contribution in [0.4, 0.5) is 0 Å². The smallest absolute Gasteiger partial charge is 0.271 e. The Kier molecular flexibility index (Phi) is 4.87. The van der Waals surface area contributed by atoms with Gasteiger partial charge in [0.25, 0.3) is 11.5 Å². The molecule has 1 aromatic heterocycles. The van der Waals surface area contributed by atoms with Crippen molar-refractivity contribution in [2.24, 2.45) is 13.0 Å². The fraction of sp³-hybridized carbons (Fsp3) is 0.583. The number of hydrogen-bond acceptors (Lipinski definition) is 3. The van der Waals surface area contributed by atoms with Crippen molar-refractivity contribution in [2.45, 2.75) is 26.7 Å². The van der Waals surface area contributed by atoms with E-state index in [4.69, 9.17) is 0 Å². The molecule has 5 heteroatoms. The second-order valence-corrected chi connectivity index (χ2v) is 4.07. The third kappa shape index (κ3) is 3.69. The highest BCUT2D eigenvalue weighted by atomic mass is 16.2. The van der Waals surface area contributed by atoms with Gasteiger partial charge in [0.1, 0.15) is 5.69 Å². The molecular formula is C12H19N3O2. The van der Waals surface area contributed by atoms with Gasteiger partial charge in [-0.3, -0.25) is 9.59 Å². The lowest BCUT2D eigenvalue weighted by Gasteiger charge is -2.12. The van der Waals surface area contributed by atoms with Crippen LogP contribution < -0.4 is 10.9 Å². The van der Waals surface area contributed by atoms with Crippen molar-refractivity contribution in [1.29, 1.82) is 0 Å². The van der Waals surface area contributed by atoms with Crippen LogP contribution in [0.1, 0.15) is 37.2 Å². The molecule has 0 aliphatic carbocycles. The Bertz CT molecular complexity index is 436. The first-order valence-corrected chi connectivity index (χ1v) is 5.91. The van der Waals surface area contributed by atoms with Gasteiger partial charge in [-0.2, -0.15) is 5.10 Å². The lowest BCUT2D eigenvalue weighted by atomic mass is 10.0. The van der Waals surface area contributed by atoms with Crippen LogP contribution in [0, 0.1) is 5.92 Å². The van der Waals surface area contributed by atoms with Gasteiger partial charge in [0, 0.05) is 19.7 Å². The van der Waals surface area contributed by atoms with Gasteiger partial charge in [0.2, 0.25) is 0 Å². The van der Waals surface area contributed by atoms with E-state index < -0.39 is 0 Å². The largest absolute Gasteiger partial charge is 0.350 e. The quantitative estimate of drug-likeness (QED) is 0.829. The van der Waals surface area contributed by atoms with Crippen molar-refractivity contribution >= 4 is 5.91 Å². The van der Waals surface area contributed by atoms with Gasteiger partial charge in [0.05, 0.1) is 0 Å². The third-order valence-corrected chi connectivity index (χ3v) is 2.90. The van der Waals surface area contributed by atoms with Crippen LogP contribution in [0.25, 0.3) is 0 Å². The molecule has 0 radical (unpaired) electrons. The Morgan fingerprint density at radius 2 is 2.06 bits per heavy atom. The van der Waals surface area contributed by atoms with Gasteiger partial charge < -0.3 is 5.32 Å². The average molecular weight is 237 g/mol. The molecule has 1 aromatic rings. The minimum atomic E-state index is -0.229. The minimum absolute atomic E-state index is 0.221. The Labute approximate surface area is 101 Å². The van der Waals surface area contributed by atoms with Crippen molar-refractivity contribution < 1.29 is 4.79 Å². The zero-order valence-corrected chi connectivity index (χ0v) is 10.6. The number of rotatable bonds is 5. The summed E-state index contributed by atoms with van der Waals surface area (Å²) in [6.45, 7) is 4.85. The molecule has 0 fully saturated rings. The summed E-state index contributed by atoms with van der Waals surface area (Å²) >= 11 is 0. The van der Waals surface area contributed by atoms with E-state index in [9.17, 15) is 9.59 Å². The molecule has 17 heavy (non-hydrogen) atoms. The highest BCUT2D eigenvalue weighted by Gasteiger charge is 2.10. The van der Waals surface area contributed by atoms with Gasteiger partial charge in [-0.05, 0) is 12.0 Å². The summed E-state index contributed by atoms with van der Waals surface area (Å²) in [5.74, 6) is 0.263. The SMILES string of the molecule is CCC(CC)CNC(=O)c1ccc(=O)n(C)n1. The van der Waals surface area contributed by atoms with Crippen molar-refractivity contribution in [2.75, 3.05) is 6.54 Å². The Balaban J connectivity index is 2.64. The molecule has 1 amide bonds. The fourth-order valence-corrected chi connectivity index (χ4v) is 1.53. The highest BCUT2D eigenvalue weighted by Crippen LogP contribution is 2.05. The van der Waals surface area contributed by atoms with Crippen LogP contribution in [-0.4, -0.2) is 22.2 Å². The molecule has 1 rings (SSSR count). The van der Waals surface area contributed by atoms with Gasteiger partial charge in [0.15, 0.2) is 0 Å². The van der Waals surface area contributed by atoms with E-state index in [2.05, 4.69) is 24.3 Å². The topological polar surface area (TPSA) is 64.0 Å². The van der Waals surface area contributed by atoms with Crippen LogP contribution >= 0.6 is 0 Å². The average Bonchev–Trinajstić information content (AvgIpc) is 2.33. The summed E-state index contributed by atoms with van der Waals surface area (Å²) in [7, 11) is 1.53. The van der Waals surface area contributed by atoms with E-state index in [0.29, 0.717) is 12.5 Å². The molecule has 0 bridgehead atoms. The molecule has 0 aliphatic rings. The fourth-order valence-electron chi connectivity index (χ4n) is 1.53. The summed E-state index contributed by atoms with van der Waals surface area (Å²) in [4.78, 5) is 22.9. The molecule has 0 atom stereocenters. The number of aromatic nitrogens is 2. The summed E-state index contributed by atoms with van der Waals surface area (Å²) in [6, 6.07) is 2.80. The first kappa shape index (κ1) is 13.4. The first-order chi connectivity index (χ1) is 8.08. The molecule has 0 saturated carbocycles. The zero-order valence-electron chi connectivity index (χ0n) is 10.6. The Hall–Kier alpha value is -1.65. The number of nitrogens with one attached hydrogen (secondary N) is 1. The number of nitrogens with zero attached hydrogens (tertiary/aromatic N) is 2. The second-order valence-electron chi connectivity index (χ2n) is 4.07. The molecule has 0 spiro atoms. The van der Waals surface area contributed by atoms with Crippen LogP contribution in [-0.2, 0) is 7.05 Å². The zero-order chi connectivity index (χ0) is 12.8. The van der Waals surface area contributed by atoms with Gasteiger partial charge in [-0.15, -0.1) is 0 Å². The lowest BCUT2D eigenvalue weighted by molar-refractivity contribution is 0.0939. The van der Waals surface area contributed by atoms with Crippen molar-refractivity contribution in [3.8, 4) is 0 Å². The maximum atomic E-state index is 11.8. The second kappa shape index (κ2) is 6.18. The van der Waals surface area contributed by atoms with Crippen molar-refractivity contribution in [3.05, 3.63) is 28.2 Å². The van der Waals surface area contributed by atoms with Crippen LogP contribution in [0.15, 0.2) is 16.9 Å².